The Balaban J connectivity index is 2.51. The van der Waals surface area contributed by atoms with Gasteiger partial charge in [0, 0.05) is 6.20 Å². The summed E-state index contributed by atoms with van der Waals surface area (Å²) in [5, 5.41) is 3.51. The summed E-state index contributed by atoms with van der Waals surface area (Å²) < 4.78 is 4.73. The van der Waals surface area contributed by atoms with Crippen LogP contribution >= 0.6 is 11.8 Å². The number of nitrogens with one attached hydrogen (secondary N) is 1. The summed E-state index contributed by atoms with van der Waals surface area (Å²) in [6.45, 7) is 3.88. The smallest absolute Gasteiger partial charge is 0.328 e. The van der Waals surface area contributed by atoms with Gasteiger partial charge in [0.15, 0.2) is 0 Å². The lowest BCUT2D eigenvalue weighted by molar-refractivity contribution is -0.146. The van der Waals surface area contributed by atoms with Gasteiger partial charge in [-0.1, -0.05) is 38.1 Å². The number of hydrogen-bond acceptors (Lipinski definition) is 5. The van der Waals surface area contributed by atoms with E-state index in [0.29, 0.717) is 0 Å². The Hall–Kier alpha value is -1.56. The molecule has 6 heteroatoms. The van der Waals surface area contributed by atoms with Crippen molar-refractivity contribution >= 4 is 23.6 Å². The van der Waals surface area contributed by atoms with Crippen molar-refractivity contribution in [3.8, 4) is 0 Å². The van der Waals surface area contributed by atoms with Crippen LogP contribution in [0.1, 0.15) is 20.3 Å². The molecule has 20 heavy (non-hydrogen) atoms. The molecule has 0 aliphatic carbocycles. The first-order chi connectivity index (χ1) is 9.58. The van der Waals surface area contributed by atoms with Crippen LogP contribution in [0.2, 0.25) is 0 Å². The summed E-state index contributed by atoms with van der Waals surface area (Å²) >= 11 is 1.33. The first-order valence-electron chi connectivity index (χ1n) is 6.49. The number of nitrogens with zero attached hydrogens (tertiary/aromatic N) is 1. The summed E-state index contributed by atoms with van der Waals surface area (Å²) in [5.74, 6) is -0.348. The number of esters is 1. The van der Waals surface area contributed by atoms with Crippen LogP contribution in [0.3, 0.4) is 0 Å². The molecule has 1 aromatic rings. The third-order valence-electron chi connectivity index (χ3n) is 2.97. The highest BCUT2D eigenvalue weighted by Gasteiger charge is 2.26. The van der Waals surface area contributed by atoms with Crippen LogP contribution in [-0.4, -0.2) is 35.8 Å². The van der Waals surface area contributed by atoms with Gasteiger partial charge in [-0.15, -0.1) is 0 Å². The van der Waals surface area contributed by atoms with Crippen LogP contribution < -0.4 is 5.32 Å². The van der Waals surface area contributed by atoms with E-state index in [-0.39, 0.29) is 17.6 Å². The minimum Gasteiger partial charge on any atom is -0.467 e. The molecule has 0 aliphatic rings. The van der Waals surface area contributed by atoms with Gasteiger partial charge in [-0.05, 0) is 18.1 Å². The molecular formula is C14H20N2O3S. The van der Waals surface area contributed by atoms with Crippen LogP contribution in [0.15, 0.2) is 29.4 Å². The Labute approximate surface area is 123 Å². The van der Waals surface area contributed by atoms with Crippen LogP contribution in [0.5, 0.6) is 0 Å². The zero-order chi connectivity index (χ0) is 15.0. The average molecular weight is 296 g/mol. The molecule has 0 bridgehead atoms. The molecule has 0 unspecified atom stereocenters. The number of aromatic nitrogens is 1. The lowest BCUT2D eigenvalue weighted by Gasteiger charge is -2.21. The van der Waals surface area contributed by atoms with Gasteiger partial charge in [0.2, 0.25) is 5.91 Å². The first-order valence-corrected chi connectivity index (χ1v) is 7.48. The number of pyridine rings is 1. The molecule has 0 saturated carbocycles. The van der Waals surface area contributed by atoms with E-state index in [1.165, 1.54) is 18.9 Å². The van der Waals surface area contributed by atoms with Gasteiger partial charge in [-0.25, -0.2) is 9.78 Å². The molecule has 0 aliphatic heterocycles. The van der Waals surface area contributed by atoms with Crippen LogP contribution in [0, 0.1) is 5.92 Å². The minimum atomic E-state index is -0.596. The predicted molar refractivity (Wildman–Crippen MR) is 78.4 cm³/mol. The van der Waals surface area contributed by atoms with Gasteiger partial charge in [-0.2, -0.15) is 0 Å². The maximum absolute atomic E-state index is 11.9. The zero-order valence-electron chi connectivity index (χ0n) is 12.0. The Kier molecular flexibility index (Phi) is 7.08. The van der Waals surface area contributed by atoms with Gasteiger partial charge in [0.05, 0.1) is 17.9 Å². The van der Waals surface area contributed by atoms with Crippen molar-refractivity contribution in [2.24, 2.45) is 5.92 Å². The Bertz CT molecular complexity index is 439. The number of thioether (sulfide) groups is 1. The fourth-order valence-corrected chi connectivity index (χ4v) is 2.26. The first kappa shape index (κ1) is 16.5. The molecule has 0 spiro atoms. The molecule has 5 nitrogen and oxygen atoms in total. The van der Waals surface area contributed by atoms with Crippen molar-refractivity contribution in [2.75, 3.05) is 12.9 Å². The van der Waals surface area contributed by atoms with E-state index >= 15 is 0 Å². The topological polar surface area (TPSA) is 68.3 Å². The monoisotopic (exact) mass is 296 g/mol. The SMILES string of the molecule is CC[C@@H](C)[C@H](NC(=O)CSc1ccccn1)C(=O)OC. The summed E-state index contributed by atoms with van der Waals surface area (Å²) in [6.07, 6.45) is 2.46. The molecule has 1 aromatic heterocycles. The van der Waals surface area contributed by atoms with Gasteiger partial charge in [-0.3, -0.25) is 4.79 Å². The van der Waals surface area contributed by atoms with Crippen molar-refractivity contribution < 1.29 is 14.3 Å². The van der Waals surface area contributed by atoms with Gasteiger partial charge >= 0.3 is 5.97 Å². The zero-order valence-corrected chi connectivity index (χ0v) is 12.8. The molecule has 0 fully saturated rings. The molecule has 0 radical (unpaired) electrons. The maximum atomic E-state index is 11.9. The Morgan fingerprint density at radius 3 is 2.75 bits per heavy atom. The molecule has 1 N–H and O–H groups in total. The number of amides is 1. The quantitative estimate of drug-likeness (QED) is 0.614. The highest BCUT2D eigenvalue weighted by atomic mass is 32.2. The lowest BCUT2D eigenvalue weighted by Crippen LogP contribution is -2.46. The largest absolute Gasteiger partial charge is 0.467 e. The summed E-state index contributed by atoms with van der Waals surface area (Å²) in [7, 11) is 1.33. The number of carbonyl (C=O) groups excluding carboxylic acids is 2. The van der Waals surface area contributed by atoms with Crippen molar-refractivity contribution in [3.05, 3.63) is 24.4 Å². The molecule has 0 aromatic carbocycles. The highest BCUT2D eigenvalue weighted by Crippen LogP contribution is 2.14. The summed E-state index contributed by atoms with van der Waals surface area (Å²) in [6, 6.07) is 4.93. The van der Waals surface area contributed by atoms with E-state index in [2.05, 4.69) is 10.3 Å². The molecular weight excluding hydrogens is 276 g/mol. The fourth-order valence-electron chi connectivity index (χ4n) is 1.58. The maximum Gasteiger partial charge on any atom is 0.328 e. The van der Waals surface area contributed by atoms with E-state index in [4.69, 9.17) is 4.74 Å². The van der Waals surface area contributed by atoms with Crippen LogP contribution in [-0.2, 0) is 14.3 Å². The van der Waals surface area contributed by atoms with E-state index in [0.717, 1.165) is 11.4 Å². The van der Waals surface area contributed by atoms with E-state index in [1.807, 2.05) is 32.0 Å². The Morgan fingerprint density at radius 1 is 1.45 bits per heavy atom. The second-order valence-electron chi connectivity index (χ2n) is 4.41. The molecule has 1 amide bonds. The number of hydrogen-bond donors (Lipinski definition) is 1. The second-order valence-corrected chi connectivity index (χ2v) is 5.41. The standard InChI is InChI=1S/C14H20N2O3S/c1-4-10(2)13(14(18)19-3)16-11(17)9-20-12-7-5-6-8-15-12/h5-8,10,13H,4,9H2,1-3H3,(H,16,17)/t10-,13+/m1/s1. The summed E-state index contributed by atoms with van der Waals surface area (Å²) in [5.41, 5.74) is 0. The van der Waals surface area contributed by atoms with E-state index in [9.17, 15) is 9.59 Å². The highest BCUT2D eigenvalue weighted by molar-refractivity contribution is 7.99. The molecule has 1 heterocycles. The van der Waals surface area contributed by atoms with Gasteiger partial charge in [0.25, 0.3) is 0 Å². The van der Waals surface area contributed by atoms with Crippen molar-refractivity contribution in [1.82, 2.24) is 10.3 Å². The van der Waals surface area contributed by atoms with Crippen molar-refractivity contribution in [2.45, 2.75) is 31.3 Å². The number of carbonyl (C=O) groups is 2. The summed E-state index contributed by atoms with van der Waals surface area (Å²) in [4.78, 5) is 27.7. The predicted octanol–water partition coefficient (Wildman–Crippen LogP) is 1.88. The van der Waals surface area contributed by atoms with E-state index < -0.39 is 12.0 Å². The number of rotatable bonds is 7. The molecule has 0 saturated heterocycles. The number of ether oxygens (including phenoxy) is 1. The minimum absolute atomic E-state index is 0.0336. The van der Waals surface area contributed by atoms with Gasteiger partial charge in [0.1, 0.15) is 6.04 Å². The van der Waals surface area contributed by atoms with Crippen LogP contribution in [0.4, 0.5) is 0 Å². The molecule has 110 valence electrons. The van der Waals surface area contributed by atoms with Crippen molar-refractivity contribution in [1.29, 1.82) is 0 Å². The average Bonchev–Trinajstić information content (AvgIpc) is 2.50. The lowest BCUT2D eigenvalue weighted by atomic mass is 9.99. The number of methoxy groups -OCH3 is 1. The molecule has 2 atom stereocenters. The second kappa shape index (κ2) is 8.58. The fraction of sp³-hybridized carbons (Fsp3) is 0.500. The third-order valence-corrected chi connectivity index (χ3v) is 3.92. The Morgan fingerprint density at radius 2 is 2.20 bits per heavy atom. The van der Waals surface area contributed by atoms with Crippen molar-refractivity contribution in [3.63, 3.8) is 0 Å². The third kappa shape index (κ3) is 5.21. The van der Waals surface area contributed by atoms with Crippen LogP contribution in [0.25, 0.3) is 0 Å². The normalized spacial score (nSPS) is 13.3. The van der Waals surface area contributed by atoms with Gasteiger partial charge < -0.3 is 10.1 Å². The van der Waals surface area contributed by atoms with E-state index in [1.54, 1.807) is 6.20 Å². The molecule has 1 rings (SSSR count).